The lowest BCUT2D eigenvalue weighted by molar-refractivity contribution is 0.101. The highest BCUT2D eigenvalue weighted by molar-refractivity contribution is 5.94. The molecule has 1 aliphatic heterocycles. The molecule has 0 atom stereocenters. The summed E-state index contributed by atoms with van der Waals surface area (Å²) in [4.78, 5) is 13.4. The van der Waals surface area contributed by atoms with Crippen LogP contribution in [0.5, 0.6) is 0 Å². The van der Waals surface area contributed by atoms with Crippen LogP contribution in [0.1, 0.15) is 17.3 Å². The Labute approximate surface area is 117 Å². The van der Waals surface area contributed by atoms with Crippen LogP contribution in [0.3, 0.4) is 0 Å². The number of anilines is 1. The summed E-state index contributed by atoms with van der Waals surface area (Å²) < 4.78 is 0. The van der Waals surface area contributed by atoms with Gasteiger partial charge in [0.1, 0.15) is 0 Å². The van der Waals surface area contributed by atoms with E-state index in [-0.39, 0.29) is 5.78 Å². The zero-order chi connectivity index (χ0) is 13.9. The first-order valence-corrected chi connectivity index (χ1v) is 6.60. The fourth-order valence-corrected chi connectivity index (χ4v) is 1.92. The molecule has 100 valence electrons. The van der Waals surface area contributed by atoms with Gasteiger partial charge in [-0.05, 0) is 55.5 Å². The Kier molecular flexibility index (Phi) is 3.29. The van der Waals surface area contributed by atoms with Crippen LogP contribution in [0.2, 0.25) is 0 Å². The second-order valence-electron chi connectivity index (χ2n) is 4.81. The summed E-state index contributed by atoms with van der Waals surface area (Å²) in [6, 6.07) is 15.2. The minimum Gasteiger partial charge on any atom is -0.368 e. The van der Waals surface area contributed by atoms with E-state index in [1.54, 1.807) is 31.2 Å². The highest BCUT2D eigenvalue weighted by atomic mass is 16.1. The minimum atomic E-state index is 0.0548. The number of hydrogen-bond acceptors (Lipinski definition) is 4. The molecule has 1 saturated heterocycles. The van der Waals surface area contributed by atoms with E-state index in [4.69, 9.17) is 0 Å². The van der Waals surface area contributed by atoms with Crippen LogP contribution >= 0.6 is 0 Å². The Morgan fingerprint density at radius 2 is 1.40 bits per heavy atom. The zero-order valence-electron chi connectivity index (χ0n) is 11.3. The standard InChI is InChI=1S/C16H15N3O/c1-12(20)13-2-4-14(5-3-13)17-18-15-6-8-16(9-7-15)19-10-11-19/h2-9H,10-11H2,1H3. The summed E-state index contributed by atoms with van der Waals surface area (Å²) in [7, 11) is 0. The zero-order valence-corrected chi connectivity index (χ0v) is 11.3. The predicted molar refractivity (Wildman–Crippen MR) is 79.3 cm³/mol. The quantitative estimate of drug-likeness (QED) is 0.474. The Morgan fingerprint density at radius 1 is 0.900 bits per heavy atom. The van der Waals surface area contributed by atoms with Crippen molar-refractivity contribution in [2.75, 3.05) is 18.0 Å². The minimum absolute atomic E-state index is 0.0548. The van der Waals surface area contributed by atoms with Crippen molar-refractivity contribution in [3.8, 4) is 0 Å². The Bertz CT molecular complexity index is 640. The van der Waals surface area contributed by atoms with Gasteiger partial charge in [0, 0.05) is 24.3 Å². The topological polar surface area (TPSA) is 44.8 Å². The SMILES string of the molecule is CC(=O)c1ccc(N=Nc2ccc(N3CC3)cc2)cc1. The van der Waals surface area contributed by atoms with Crippen molar-refractivity contribution >= 4 is 22.8 Å². The molecule has 1 fully saturated rings. The Morgan fingerprint density at radius 3 is 1.85 bits per heavy atom. The molecule has 1 aliphatic rings. The predicted octanol–water partition coefficient (Wildman–Crippen LogP) is 4.12. The van der Waals surface area contributed by atoms with Gasteiger partial charge in [-0.25, -0.2) is 0 Å². The molecule has 4 nitrogen and oxygen atoms in total. The number of rotatable bonds is 4. The van der Waals surface area contributed by atoms with Crippen LogP contribution in [0.25, 0.3) is 0 Å². The van der Waals surface area contributed by atoms with Gasteiger partial charge in [-0.2, -0.15) is 10.2 Å². The van der Waals surface area contributed by atoms with Crippen molar-refractivity contribution in [3.63, 3.8) is 0 Å². The van der Waals surface area contributed by atoms with Gasteiger partial charge in [0.2, 0.25) is 0 Å². The lowest BCUT2D eigenvalue weighted by Gasteiger charge is -2.01. The number of benzene rings is 2. The van der Waals surface area contributed by atoms with Crippen LogP contribution in [0.4, 0.5) is 17.1 Å². The first-order chi connectivity index (χ1) is 9.72. The molecule has 0 N–H and O–H groups in total. The van der Waals surface area contributed by atoms with E-state index in [1.807, 2.05) is 12.1 Å². The van der Waals surface area contributed by atoms with E-state index in [0.29, 0.717) is 5.56 Å². The number of carbonyl (C=O) groups excluding carboxylic acids is 1. The van der Waals surface area contributed by atoms with Crippen LogP contribution < -0.4 is 4.90 Å². The second kappa shape index (κ2) is 5.25. The van der Waals surface area contributed by atoms with Gasteiger partial charge >= 0.3 is 0 Å². The van der Waals surface area contributed by atoms with Crippen LogP contribution in [-0.2, 0) is 0 Å². The number of azo groups is 1. The van der Waals surface area contributed by atoms with E-state index in [2.05, 4.69) is 27.3 Å². The van der Waals surface area contributed by atoms with Gasteiger partial charge in [0.15, 0.2) is 5.78 Å². The lowest BCUT2D eigenvalue weighted by Crippen LogP contribution is -1.89. The van der Waals surface area contributed by atoms with E-state index in [9.17, 15) is 4.79 Å². The second-order valence-corrected chi connectivity index (χ2v) is 4.81. The van der Waals surface area contributed by atoms with Crippen molar-refractivity contribution in [3.05, 3.63) is 54.1 Å². The van der Waals surface area contributed by atoms with E-state index in [0.717, 1.165) is 24.5 Å². The molecule has 0 radical (unpaired) electrons. The van der Waals surface area contributed by atoms with E-state index < -0.39 is 0 Å². The first-order valence-electron chi connectivity index (χ1n) is 6.60. The molecule has 1 heterocycles. The summed E-state index contributed by atoms with van der Waals surface area (Å²) in [5.41, 5.74) is 3.48. The summed E-state index contributed by atoms with van der Waals surface area (Å²) in [6.07, 6.45) is 0. The molecule has 4 heteroatoms. The third-order valence-corrected chi connectivity index (χ3v) is 3.22. The van der Waals surface area contributed by atoms with Crippen LogP contribution in [0, 0.1) is 0 Å². The van der Waals surface area contributed by atoms with Gasteiger partial charge in [0.05, 0.1) is 11.4 Å². The molecular formula is C16H15N3O. The number of nitrogens with zero attached hydrogens (tertiary/aromatic N) is 3. The molecule has 20 heavy (non-hydrogen) atoms. The smallest absolute Gasteiger partial charge is 0.159 e. The molecule has 0 aliphatic carbocycles. The molecule has 0 bridgehead atoms. The molecule has 2 aromatic carbocycles. The highest BCUT2D eigenvalue weighted by Crippen LogP contribution is 2.25. The molecule has 2 aromatic rings. The first kappa shape index (κ1) is 12.5. The maximum Gasteiger partial charge on any atom is 0.159 e. The molecule has 3 rings (SSSR count). The average Bonchev–Trinajstić information content (AvgIpc) is 3.31. The van der Waals surface area contributed by atoms with E-state index in [1.165, 1.54) is 5.69 Å². The third kappa shape index (κ3) is 2.91. The molecule has 0 aromatic heterocycles. The summed E-state index contributed by atoms with van der Waals surface area (Å²) in [6.45, 7) is 3.83. The summed E-state index contributed by atoms with van der Waals surface area (Å²) in [5, 5.41) is 8.36. The average molecular weight is 265 g/mol. The number of hydrogen-bond donors (Lipinski definition) is 0. The van der Waals surface area contributed by atoms with Crippen molar-refractivity contribution in [2.24, 2.45) is 10.2 Å². The van der Waals surface area contributed by atoms with Gasteiger partial charge < -0.3 is 4.90 Å². The van der Waals surface area contributed by atoms with Crippen molar-refractivity contribution in [2.45, 2.75) is 6.92 Å². The van der Waals surface area contributed by atoms with Gasteiger partial charge in [-0.3, -0.25) is 4.79 Å². The molecule has 0 amide bonds. The van der Waals surface area contributed by atoms with Gasteiger partial charge in [0.25, 0.3) is 0 Å². The number of Topliss-reactive ketones (excluding diaryl/α,β-unsaturated/α-hetero) is 1. The number of carbonyl (C=O) groups is 1. The largest absolute Gasteiger partial charge is 0.368 e. The molecule has 0 spiro atoms. The van der Waals surface area contributed by atoms with Gasteiger partial charge in [-0.1, -0.05) is 0 Å². The maximum atomic E-state index is 11.2. The van der Waals surface area contributed by atoms with Crippen molar-refractivity contribution < 1.29 is 4.79 Å². The van der Waals surface area contributed by atoms with Crippen LogP contribution in [-0.4, -0.2) is 18.9 Å². The summed E-state index contributed by atoms with van der Waals surface area (Å²) in [5.74, 6) is 0.0548. The molecule has 0 unspecified atom stereocenters. The van der Waals surface area contributed by atoms with Crippen LogP contribution in [0.15, 0.2) is 58.8 Å². The molecular weight excluding hydrogens is 250 g/mol. The normalized spacial score (nSPS) is 13.8. The molecule has 0 saturated carbocycles. The maximum absolute atomic E-state index is 11.2. The fraction of sp³-hybridized carbons (Fsp3) is 0.188. The van der Waals surface area contributed by atoms with E-state index >= 15 is 0 Å². The highest BCUT2D eigenvalue weighted by Gasteiger charge is 2.16. The Balaban J connectivity index is 1.70. The van der Waals surface area contributed by atoms with Crippen molar-refractivity contribution in [1.82, 2.24) is 0 Å². The summed E-state index contributed by atoms with van der Waals surface area (Å²) >= 11 is 0. The fourth-order valence-electron chi connectivity index (χ4n) is 1.92. The number of ketones is 1. The third-order valence-electron chi connectivity index (χ3n) is 3.22. The Hall–Kier alpha value is -2.49. The van der Waals surface area contributed by atoms with Crippen molar-refractivity contribution in [1.29, 1.82) is 0 Å². The van der Waals surface area contributed by atoms with Gasteiger partial charge in [-0.15, -0.1) is 0 Å². The monoisotopic (exact) mass is 265 g/mol. The lowest BCUT2D eigenvalue weighted by atomic mass is 10.1.